The number of pyridine rings is 1. The Balaban J connectivity index is 0.000000244. The third kappa shape index (κ3) is 7.18. The van der Waals surface area contributed by atoms with E-state index in [4.69, 9.17) is 14.9 Å². The molecular weight excluding hydrogens is 426 g/mol. The predicted octanol–water partition coefficient (Wildman–Crippen LogP) is 4.71. The van der Waals surface area contributed by atoms with E-state index < -0.39 is 20.0 Å². The maximum absolute atomic E-state index is 11.9. The maximum Gasteiger partial charge on any atom is 0.335 e. The number of ether oxygens (including phenoxy) is 1. The number of carboxylic acid groups (broad SMARTS) is 2. The quantitative estimate of drug-likeness (QED) is 0.395. The minimum atomic E-state index is -1.12. The molecule has 3 aromatic rings. The molecular formula is C24H29NO6Si. The molecule has 0 amide bonds. The summed E-state index contributed by atoms with van der Waals surface area (Å²) in [6.07, 6.45) is 0. The number of benzene rings is 2. The van der Waals surface area contributed by atoms with Crippen molar-refractivity contribution in [3.8, 4) is 0 Å². The Kier molecular flexibility index (Phi) is 8.51. The zero-order chi connectivity index (χ0) is 23.9. The number of carboxylic acids is 2. The average molecular weight is 456 g/mol. The molecule has 0 saturated carbocycles. The molecule has 0 aliphatic heterocycles. The van der Waals surface area contributed by atoms with E-state index in [0.717, 1.165) is 29.6 Å². The first-order valence-corrected chi connectivity index (χ1v) is 13.9. The largest absolute Gasteiger partial charge is 0.478 e. The second kappa shape index (κ2) is 10.9. The van der Waals surface area contributed by atoms with Crippen LogP contribution in [0.4, 0.5) is 0 Å². The molecule has 0 unspecified atom stereocenters. The van der Waals surface area contributed by atoms with E-state index >= 15 is 0 Å². The number of rotatable bonds is 7. The lowest BCUT2D eigenvalue weighted by Gasteiger charge is -2.16. The number of para-hydroxylation sites is 1. The van der Waals surface area contributed by atoms with Crippen LogP contribution in [0.2, 0.25) is 25.7 Å². The van der Waals surface area contributed by atoms with Crippen molar-refractivity contribution in [2.75, 3.05) is 6.61 Å². The van der Waals surface area contributed by atoms with Gasteiger partial charge in [0.15, 0.2) is 0 Å². The third-order valence-electron chi connectivity index (χ3n) is 4.83. The zero-order valence-corrected chi connectivity index (χ0v) is 19.8. The Labute approximate surface area is 187 Å². The van der Waals surface area contributed by atoms with Gasteiger partial charge in [-0.3, -0.25) is 9.36 Å². The molecule has 1 aromatic heterocycles. The van der Waals surface area contributed by atoms with Crippen molar-refractivity contribution in [2.24, 2.45) is 0 Å². The van der Waals surface area contributed by atoms with E-state index in [0.29, 0.717) is 12.3 Å². The molecule has 0 bridgehead atoms. The van der Waals surface area contributed by atoms with Crippen molar-refractivity contribution in [1.82, 2.24) is 4.57 Å². The van der Waals surface area contributed by atoms with Gasteiger partial charge in [-0.15, -0.1) is 0 Å². The number of aromatic carboxylic acids is 2. The number of aryl methyl sites for hydroxylation is 1. The standard InChI is InChI=1S/C15H21NO2Si.C9H8O4/c1-19(2,3)11-10-18-12-16-14-7-5-4-6-13(14)8-9-15(16)17;1-5-2-3-6(8(10)11)4-7(5)9(12)13/h4-9H,10-12H2,1-3H3;2-4H,1H3,(H,10,11)(H,12,13). The Morgan fingerprint density at radius 3 is 2.28 bits per heavy atom. The highest BCUT2D eigenvalue weighted by Gasteiger charge is 2.12. The van der Waals surface area contributed by atoms with Crippen LogP contribution in [0.15, 0.2) is 59.4 Å². The number of aromatic nitrogens is 1. The van der Waals surface area contributed by atoms with E-state index in [1.165, 1.54) is 12.1 Å². The highest BCUT2D eigenvalue weighted by Crippen LogP contribution is 2.12. The molecule has 0 aliphatic rings. The molecule has 3 rings (SSSR count). The van der Waals surface area contributed by atoms with Crippen LogP contribution in [0, 0.1) is 6.92 Å². The van der Waals surface area contributed by atoms with E-state index in [-0.39, 0.29) is 16.7 Å². The summed E-state index contributed by atoms with van der Waals surface area (Å²) in [6.45, 7) is 9.65. The summed E-state index contributed by atoms with van der Waals surface area (Å²) in [5, 5.41) is 18.3. The maximum atomic E-state index is 11.9. The smallest absolute Gasteiger partial charge is 0.335 e. The molecule has 32 heavy (non-hydrogen) atoms. The number of hydrogen-bond donors (Lipinski definition) is 2. The molecule has 0 spiro atoms. The summed E-state index contributed by atoms with van der Waals surface area (Å²) in [6, 6.07) is 16.5. The Bertz CT molecular complexity index is 1160. The van der Waals surface area contributed by atoms with E-state index in [2.05, 4.69) is 19.6 Å². The lowest BCUT2D eigenvalue weighted by Crippen LogP contribution is -2.24. The van der Waals surface area contributed by atoms with Crippen LogP contribution in [0.3, 0.4) is 0 Å². The summed E-state index contributed by atoms with van der Waals surface area (Å²) in [4.78, 5) is 33.0. The second-order valence-corrected chi connectivity index (χ2v) is 14.3. The molecule has 2 N–H and O–H groups in total. The molecule has 0 fully saturated rings. The van der Waals surface area contributed by atoms with Crippen LogP contribution in [0.1, 0.15) is 26.3 Å². The highest BCUT2D eigenvalue weighted by atomic mass is 28.3. The third-order valence-corrected chi connectivity index (χ3v) is 6.53. The summed E-state index contributed by atoms with van der Waals surface area (Å²) in [5.74, 6) is -2.23. The molecule has 170 valence electrons. The van der Waals surface area contributed by atoms with Gasteiger partial charge in [0.2, 0.25) is 0 Å². The van der Waals surface area contributed by atoms with E-state index in [9.17, 15) is 14.4 Å². The van der Waals surface area contributed by atoms with Gasteiger partial charge in [-0.05, 0) is 48.2 Å². The van der Waals surface area contributed by atoms with Gasteiger partial charge >= 0.3 is 11.9 Å². The predicted molar refractivity (Wildman–Crippen MR) is 127 cm³/mol. The van der Waals surface area contributed by atoms with Gasteiger partial charge in [0, 0.05) is 20.7 Å². The first-order valence-electron chi connectivity index (χ1n) is 10.2. The summed E-state index contributed by atoms with van der Waals surface area (Å²) in [7, 11) is -1.08. The second-order valence-electron chi connectivity index (χ2n) is 8.65. The number of hydrogen-bond acceptors (Lipinski definition) is 4. The van der Waals surface area contributed by atoms with Crippen molar-refractivity contribution >= 4 is 30.9 Å². The van der Waals surface area contributed by atoms with Gasteiger partial charge in [0.05, 0.1) is 16.6 Å². The fraction of sp³-hybridized carbons (Fsp3) is 0.292. The first kappa shape index (κ1) is 25.0. The molecule has 0 radical (unpaired) electrons. The molecule has 0 aliphatic carbocycles. The number of fused-ring (bicyclic) bond motifs is 1. The van der Waals surface area contributed by atoms with E-state index in [1.54, 1.807) is 17.6 Å². The van der Waals surface area contributed by atoms with Crippen molar-refractivity contribution < 1.29 is 24.5 Å². The van der Waals surface area contributed by atoms with Gasteiger partial charge in [0.25, 0.3) is 5.56 Å². The molecule has 2 aromatic carbocycles. The van der Waals surface area contributed by atoms with Crippen LogP contribution in [0.5, 0.6) is 0 Å². The summed E-state index contributed by atoms with van der Waals surface area (Å²) >= 11 is 0. The molecule has 7 nitrogen and oxygen atoms in total. The van der Waals surface area contributed by atoms with Gasteiger partial charge in [-0.1, -0.05) is 43.9 Å². The van der Waals surface area contributed by atoms with Gasteiger partial charge in [-0.25, -0.2) is 9.59 Å². The zero-order valence-electron chi connectivity index (χ0n) is 18.8. The van der Waals surface area contributed by atoms with Crippen LogP contribution in [-0.2, 0) is 11.5 Å². The van der Waals surface area contributed by atoms with Crippen LogP contribution < -0.4 is 5.56 Å². The summed E-state index contributed by atoms with van der Waals surface area (Å²) in [5.41, 5.74) is 1.50. The lowest BCUT2D eigenvalue weighted by molar-refractivity contribution is 0.0695. The molecule has 1 heterocycles. The topological polar surface area (TPSA) is 106 Å². The molecule has 8 heteroatoms. The van der Waals surface area contributed by atoms with Gasteiger partial charge < -0.3 is 14.9 Å². The first-order chi connectivity index (χ1) is 15.0. The Hall–Kier alpha value is -3.23. The Morgan fingerprint density at radius 2 is 1.66 bits per heavy atom. The van der Waals surface area contributed by atoms with Gasteiger partial charge in [0.1, 0.15) is 6.73 Å². The van der Waals surface area contributed by atoms with Crippen LogP contribution in [0.25, 0.3) is 10.9 Å². The highest BCUT2D eigenvalue weighted by molar-refractivity contribution is 6.76. The monoisotopic (exact) mass is 455 g/mol. The van der Waals surface area contributed by atoms with Crippen molar-refractivity contribution in [1.29, 1.82) is 0 Å². The van der Waals surface area contributed by atoms with Crippen LogP contribution in [-0.4, -0.2) is 41.4 Å². The number of carbonyl (C=O) groups is 2. The molecule has 0 atom stereocenters. The fourth-order valence-electron chi connectivity index (χ4n) is 2.90. The minimum absolute atomic E-state index is 0.00768. The summed E-state index contributed by atoms with van der Waals surface area (Å²) < 4.78 is 7.38. The molecule has 0 saturated heterocycles. The SMILES string of the molecule is C[Si](C)(C)CCOCn1c(=O)ccc2ccccc21.Cc1ccc(C(=O)O)cc1C(=O)O. The average Bonchev–Trinajstić information content (AvgIpc) is 2.72. The van der Waals surface area contributed by atoms with Crippen molar-refractivity contribution in [3.05, 3.63) is 81.6 Å². The van der Waals surface area contributed by atoms with Crippen LogP contribution >= 0.6 is 0 Å². The van der Waals surface area contributed by atoms with Crippen molar-refractivity contribution in [3.63, 3.8) is 0 Å². The lowest BCUT2D eigenvalue weighted by atomic mass is 10.1. The minimum Gasteiger partial charge on any atom is -0.478 e. The fourth-order valence-corrected chi connectivity index (χ4v) is 3.65. The van der Waals surface area contributed by atoms with Crippen molar-refractivity contribution in [2.45, 2.75) is 39.3 Å². The number of nitrogens with zero attached hydrogens (tertiary/aromatic N) is 1. The Morgan fingerprint density at radius 1 is 0.969 bits per heavy atom. The van der Waals surface area contributed by atoms with Gasteiger partial charge in [-0.2, -0.15) is 0 Å². The van der Waals surface area contributed by atoms with E-state index in [1.807, 2.05) is 30.3 Å². The normalized spacial score (nSPS) is 11.0.